The molecular weight excluding hydrogens is 304 g/mol. The van der Waals surface area contributed by atoms with Crippen LogP contribution in [-0.4, -0.2) is 32.3 Å². The fourth-order valence-electron chi connectivity index (χ4n) is 3.13. The third-order valence-electron chi connectivity index (χ3n) is 4.11. The summed E-state index contributed by atoms with van der Waals surface area (Å²) in [5, 5.41) is 8.67. The van der Waals surface area contributed by atoms with Crippen LogP contribution in [0.1, 0.15) is 42.8 Å². The van der Waals surface area contributed by atoms with E-state index in [4.69, 9.17) is 16.1 Å². The van der Waals surface area contributed by atoms with E-state index in [-0.39, 0.29) is 18.5 Å². The monoisotopic (exact) mass is 322 g/mol. The summed E-state index contributed by atoms with van der Waals surface area (Å²) in [6, 6.07) is 0.0553. The number of carbonyl (C=O) groups is 1. The fraction of sp³-hybridized carbons (Fsp3) is 0.533. The highest BCUT2D eigenvalue weighted by molar-refractivity contribution is 6.30. The fourth-order valence-corrected chi connectivity index (χ4v) is 3.28. The molecular formula is C15H19ClN4O2. The van der Waals surface area contributed by atoms with Crippen molar-refractivity contribution in [1.29, 1.82) is 0 Å². The van der Waals surface area contributed by atoms with Crippen molar-refractivity contribution in [2.45, 2.75) is 45.7 Å². The second kappa shape index (κ2) is 6.12. The molecule has 6 nitrogen and oxygen atoms in total. The van der Waals surface area contributed by atoms with Crippen LogP contribution in [-0.2, 0) is 17.8 Å². The average Bonchev–Trinajstić information content (AvgIpc) is 3.18. The Kier molecular flexibility index (Phi) is 4.20. The van der Waals surface area contributed by atoms with Gasteiger partial charge in [0.05, 0.1) is 23.0 Å². The molecule has 1 saturated heterocycles. The molecule has 2 aromatic rings. The maximum absolute atomic E-state index is 12.6. The second-order valence-corrected chi connectivity index (χ2v) is 6.00. The van der Waals surface area contributed by atoms with Gasteiger partial charge >= 0.3 is 0 Å². The minimum absolute atomic E-state index is 0.0462. The summed E-state index contributed by atoms with van der Waals surface area (Å²) in [6.07, 6.45) is 5.91. The van der Waals surface area contributed by atoms with E-state index in [0.717, 1.165) is 42.8 Å². The highest BCUT2D eigenvalue weighted by Gasteiger charge is 2.34. The summed E-state index contributed by atoms with van der Waals surface area (Å²) in [5.74, 6) is 0.925. The van der Waals surface area contributed by atoms with Crippen LogP contribution in [0.15, 0.2) is 16.9 Å². The van der Waals surface area contributed by atoms with Crippen LogP contribution in [0.2, 0.25) is 5.02 Å². The Morgan fingerprint density at radius 2 is 2.36 bits per heavy atom. The summed E-state index contributed by atoms with van der Waals surface area (Å²) >= 11 is 5.84. The summed E-state index contributed by atoms with van der Waals surface area (Å²) in [7, 11) is 0. The van der Waals surface area contributed by atoms with Gasteiger partial charge in [-0.3, -0.25) is 9.48 Å². The number of rotatable bonds is 4. The molecule has 2 aromatic heterocycles. The van der Waals surface area contributed by atoms with E-state index in [2.05, 4.69) is 10.3 Å². The quantitative estimate of drug-likeness (QED) is 0.868. The zero-order valence-electron chi connectivity index (χ0n) is 12.8. The highest BCUT2D eigenvalue weighted by atomic mass is 35.5. The average molecular weight is 323 g/mol. The number of amides is 1. The molecule has 7 heteroatoms. The van der Waals surface area contributed by atoms with Gasteiger partial charge in [0, 0.05) is 24.7 Å². The molecule has 0 aliphatic carbocycles. The number of carbonyl (C=O) groups excluding carboxylic acids is 1. The van der Waals surface area contributed by atoms with Crippen LogP contribution >= 0.6 is 11.6 Å². The van der Waals surface area contributed by atoms with Gasteiger partial charge in [0.2, 0.25) is 5.91 Å². The van der Waals surface area contributed by atoms with Gasteiger partial charge in [-0.15, -0.1) is 0 Å². The predicted molar refractivity (Wildman–Crippen MR) is 81.5 cm³/mol. The van der Waals surface area contributed by atoms with Gasteiger partial charge in [-0.2, -0.15) is 5.10 Å². The molecule has 0 radical (unpaired) electrons. The van der Waals surface area contributed by atoms with Gasteiger partial charge < -0.3 is 9.42 Å². The first-order chi connectivity index (χ1) is 10.6. The smallest absolute Gasteiger partial charge is 0.244 e. The van der Waals surface area contributed by atoms with Crippen LogP contribution in [0.3, 0.4) is 0 Å². The Hall–Kier alpha value is -1.82. The van der Waals surface area contributed by atoms with E-state index in [1.165, 1.54) is 6.20 Å². The van der Waals surface area contributed by atoms with Gasteiger partial charge in [0.25, 0.3) is 0 Å². The molecule has 1 amide bonds. The maximum Gasteiger partial charge on any atom is 0.244 e. The standard InChI is InChI=1S/C15H19ClN4O2/c1-3-13-15(10(2)18-22-13)12-5-4-6-20(12)14(21)9-19-8-11(16)7-17-19/h7-8,12H,3-6,9H2,1-2H3. The van der Waals surface area contributed by atoms with Crippen LogP contribution in [0.5, 0.6) is 0 Å². The Balaban J connectivity index is 1.80. The number of nitrogens with zero attached hydrogens (tertiary/aromatic N) is 4. The van der Waals surface area contributed by atoms with E-state index >= 15 is 0 Å². The molecule has 1 atom stereocenters. The number of hydrogen-bond donors (Lipinski definition) is 0. The highest BCUT2D eigenvalue weighted by Crippen LogP contribution is 2.36. The van der Waals surface area contributed by atoms with Gasteiger partial charge in [0.15, 0.2) is 0 Å². The van der Waals surface area contributed by atoms with Crippen molar-refractivity contribution in [1.82, 2.24) is 19.8 Å². The Morgan fingerprint density at radius 3 is 3.05 bits per heavy atom. The molecule has 3 rings (SSSR count). The molecule has 1 unspecified atom stereocenters. The van der Waals surface area contributed by atoms with Gasteiger partial charge in [0.1, 0.15) is 12.3 Å². The minimum atomic E-state index is 0.0462. The van der Waals surface area contributed by atoms with E-state index in [9.17, 15) is 4.79 Å². The normalized spacial score (nSPS) is 18.1. The number of likely N-dealkylation sites (tertiary alicyclic amines) is 1. The van der Waals surface area contributed by atoms with Crippen molar-refractivity contribution < 1.29 is 9.32 Å². The number of aryl methyl sites for hydroxylation is 2. The molecule has 22 heavy (non-hydrogen) atoms. The zero-order chi connectivity index (χ0) is 15.7. The summed E-state index contributed by atoms with van der Waals surface area (Å²) in [6.45, 7) is 4.93. The molecule has 3 heterocycles. The Labute approximate surface area is 134 Å². The van der Waals surface area contributed by atoms with Gasteiger partial charge in [-0.25, -0.2) is 0 Å². The molecule has 0 saturated carbocycles. The first kappa shape index (κ1) is 15.1. The number of aromatic nitrogens is 3. The molecule has 118 valence electrons. The molecule has 0 spiro atoms. The topological polar surface area (TPSA) is 64.2 Å². The Morgan fingerprint density at radius 1 is 1.55 bits per heavy atom. The summed E-state index contributed by atoms with van der Waals surface area (Å²) < 4.78 is 6.95. The lowest BCUT2D eigenvalue weighted by Crippen LogP contribution is -2.34. The van der Waals surface area contributed by atoms with Crippen molar-refractivity contribution in [3.05, 3.63) is 34.4 Å². The Bertz CT molecular complexity index is 679. The number of halogens is 1. The molecule has 0 bridgehead atoms. The van der Waals surface area contributed by atoms with Crippen LogP contribution < -0.4 is 0 Å². The SMILES string of the molecule is CCc1onc(C)c1C1CCCN1C(=O)Cn1cc(Cl)cn1. The van der Waals surface area contributed by atoms with Crippen LogP contribution in [0.25, 0.3) is 0 Å². The lowest BCUT2D eigenvalue weighted by molar-refractivity contribution is -0.133. The second-order valence-electron chi connectivity index (χ2n) is 5.56. The lowest BCUT2D eigenvalue weighted by Gasteiger charge is -2.25. The van der Waals surface area contributed by atoms with Crippen LogP contribution in [0.4, 0.5) is 0 Å². The minimum Gasteiger partial charge on any atom is -0.361 e. The van der Waals surface area contributed by atoms with E-state index < -0.39 is 0 Å². The largest absolute Gasteiger partial charge is 0.361 e. The number of hydrogen-bond acceptors (Lipinski definition) is 4. The van der Waals surface area contributed by atoms with E-state index in [1.807, 2.05) is 18.7 Å². The summed E-state index contributed by atoms with van der Waals surface area (Å²) in [5.41, 5.74) is 1.95. The van der Waals surface area contributed by atoms with Crippen molar-refractivity contribution in [2.75, 3.05) is 6.54 Å². The zero-order valence-corrected chi connectivity index (χ0v) is 13.5. The molecule has 0 aromatic carbocycles. The van der Waals surface area contributed by atoms with Gasteiger partial charge in [-0.1, -0.05) is 23.7 Å². The first-order valence-electron chi connectivity index (χ1n) is 7.52. The lowest BCUT2D eigenvalue weighted by atomic mass is 10.0. The van der Waals surface area contributed by atoms with Crippen molar-refractivity contribution in [2.24, 2.45) is 0 Å². The van der Waals surface area contributed by atoms with Crippen LogP contribution in [0, 0.1) is 6.92 Å². The van der Waals surface area contributed by atoms with Crippen molar-refractivity contribution in [3.63, 3.8) is 0 Å². The molecule has 1 aliphatic rings. The molecule has 0 N–H and O–H groups in total. The van der Waals surface area contributed by atoms with Gasteiger partial charge in [-0.05, 0) is 19.8 Å². The van der Waals surface area contributed by atoms with E-state index in [1.54, 1.807) is 10.9 Å². The first-order valence-corrected chi connectivity index (χ1v) is 7.90. The third kappa shape index (κ3) is 2.75. The van der Waals surface area contributed by atoms with Crippen molar-refractivity contribution in [3.8, 4) is 0 Å². The molecule has 1 fully saturated rings. The third-order valence-corrected chi connectivity index (χ3v) is 4.30. The summed E-state index contributed by atoms with van der Waals surface area (Å²) in [4.78, 5) is 14.5. The maximum atomic E-state index is 12.6. The van der Waals surface area contributed by atoms with Crippen molar-refractivity contribution >= 4 is 17.5 Å². The van der Waals surface area contributed by atoms with E-state index in [0.29, 0.717) is 5.02 Å². The predicted octanol–water partition coefficient (Wildman–Crippen LogP) is 2.76. The molecule has 1 aliphatic heterocycles.